The number of aromatic nitrogens is 4. The van der Waals surface area contributed by atoms with E-state index in [2.05, 4.69) is 15.1 Å². The third-order valence-electron chi connectivity index (χ3n) is 5.71. The third kappa shape index (κ3) is 6.07. The van der Waals surface area contributed by atoms with E-state index in [4.69, 9.17) is 15.6 Å². The third-order valence-corrected chi connectivity index (χ3v) is 5.71. The first-order valence-corrected chi connectivity index (χ1v) is 11.4. The second-order valence-electron chi connectivity index (χ2n) is 8.73. The number of aliphatic carboxylic acids is 1. The number of aryl methyl sites for hydroxylation is 1. The summed E-state index contributed by atoms with van der Waals surface area (Å²) >= 11 is 0. The molecule has 0 aliphatic heterocycles. The molecule has 0 bridgehead atoms. The van der Waals surface area contributed by atoms with Crippen LogP contribution in [0.15, 0.2) is 60.8 Å². The molecule has 2 atom stereocenters. The molecule has 12 heteroatoms. The number of ether oxygens (including phenoxy) is 1. The maximum atomic E-state index is 14.3. The van der Waals surface area contributed by atoms with Crippen LogP contribution < -0.4 is 10.5 Å². The topological polar surface area (TPSA) is 116 Å². The molecule has 2 heterocycles. The maximum Gasteiger partial charge on any atom is 0.429 e. The molecule has 0 radical (unpaired) electrons. The first-order chi connectivity index (χ1) is 17.9. The van der Waals surface area contributed by atoms with Crippen LogP contribution in [-0.4, -0.2) is 37.0 Å². The first-order valence-electron chi connectivity index (χ1n) is 11.4. The molecule has 4 aromatic rings. The number of halogens is 4. The molecule has 0 aliphatic carbocycles. The molecule has 0 fully saturated rings. The van der Waals surface area contributed by atoms with E-state index in [9.17, 15) is 22.4 Å². The minimum absolute atomic E-state index is 0.0183. The summed E-state index contributed by atoms with van der Waals surface area (Å²) in [5.74, 6) is -3.20. The Morgan fingerprint density at radius 1 is 1.11 bits per heavy atom. The second-order valence-corrected chi connectivity index (χ2v) is 8.73. The molecular weight excluding hydrogens is 506 g/mol. The van der Waals surface area contributed by atoms with Gasteiger partial charge in [-0.05, 0) is 43.2 Å². The summed E-state index contributed by atoms with van der Waals surface area (Å²) in [7, 11) is 0. The molecule has 3 N–H and O–H groups in total. The van der Waals surface area contributed by atoms with E-state index in [-0.39, 0.29) is 17.3 Å². The van der Waals surface area contributed by atoms with E-state index in [1.165, 1.54) is 23.0 Å². The van der Waals surface area contributed by atoms with Gasteiger partial charge in [-0.25, -0.2) is 14.1 Å². The van der Waals surface area contributed by atoms with Gasteiger partial charge in [0.1, 0.15) is 5.82 Å². The largest absolute Gasteiger partial charge is 0.481 e. The van der Waals surface area contributed by atoms with Crippen LogP contribution in [0, 0.1) is 18.7 Å². The van der Waals surface area contributed by atoms with Crippen molar-refractivity contribution in [2.45, 2.75) is 32.5 Å². The zero-order valence-corrected chi connectivity index (χ0v) is 20.3. The SMILES string of the molecule is Cc1ccn(-c2ccc(F)cc2C(Oc2cc(-c3ccc(CC(C)C(=O)O)cc3)nc(N)n2)C(F)(F)F)n1. The minimum Gasteiger partial charge on any atom is -0.481 e. The van der Waals surface area contributed by atoms with Gasteiger partial charge in [-0.1, -0.05) is 31.2 Å². The standard InChI is InChI=1S/C26H23F4N5O3/c1-14(24(36)37)11-16-3-5-17(6-4-16)20-13-22(33-25(31)32-20)38-23(26(28,29)30)19-12-18(27)7-8-21(19)35-10-9-15(2)34-35/h3-10,12-14,23H,11H2,1-2H3,(H,36,37)(H2,31,32,33). The summed E-state index contributed by atoms with van der Waals surface area (Å²) in [5.41, 5.74) is 7.25. The fourth-order valence-corrected chi connectivity index (χ4v) is 3.82. The zero-order valence-electron chi connectivity index (χ0n) is 20.3. The molecule has 38 heavy (non-hydrogen) atoms. The molecule has 8 nitrogen and oxygen atoms in total. The Kier molecular flexibility index (Phi) is 7.33. The number of benzene rings is 2. The quantitative estimate of drug-likeness (QED) is 0.297. The van der Waals surface area contributed by atoms with E-state index < -0.39 is 41.4 Å². The molecule has 2 aromatic heterocycles. The highest BCUT2D eigenvalue weighted by molar-refractivity contribution is 5.70. The number of carboxylic acids is 1. The zero-order chi connectivity index (χ0) is 27.6. The van der Waals surface area contributed by atoms with Crippen LogP contribution in [0.3, 0.4) is 0 Å². The van der Waals surface area contributed by atoms with Crippen molar-refractivity contribution in [3.63, 3.8) is 0 Å². The number of nitrogen functional groups attached to an aromatic ring is 1. The lowest BCUT2D eigenvalue weighted by Crippen LogP contribution is -2.28. The number of carboxylic acid groups (broad SMARTS) is 1. The minimum atomic E-state index is -4.95. The number of rotatable bonds is 8. The van der Waals surface area contributed by atoms with Gasteiger partial charge in [0, 0.05) is 23.4 Å². The van der Waals surface area contributed by atoms with Crippen LogP contribution in [0.4, 0.5) is 23.5 Å². The number of hydrogen-bond donors (Lipinski definition) is 2. The molecular formula is C26H23F4N5O3. The van der Waals surface area contributed by atoms with Crippen molar-refractivity contribution in [2.24, 2.45) is 5.92 Å². The monoisotopic (exact) mass is 529 g/mol. The van der Waals surface area contributed by atoms with Gasteiger partial charge >= 0.3 is 12.1 Å². The fraction of sp³-hybridized carbons (Fsp3) is 0.231. The smallest absolute Gasteiger partial charge is 0.429 e. The average Bonchev–Trinajstić information content (AvgIpc) is 3.27. The summed E-state index contributed by atoms with van der Waals surface area (Å²) in [5, 5.41) is 13.2. The molecule has 4 rings (SSSR count). The van der Waals surface area contributed by atoms with E-state index in [1.807, 2.05) is 0 Å². The highest BCUT2D eigenvalue weighted by atomic mass is 19.4. The van der Waals surface area contributed by atoms with Crippen molar-refractivity contribution in [3.05, 3.63) is 83.4 Å². The number of nitrogens with two attached hydrogens (primary N) is 1. The predicted octanol–water partition coefficient (Wildman–Crippen LogP) is 5.30. The maximum absolute atomic E-state index is 14.3. The van der Waals surface area contributed by atoms with E-state index in [0.717, 1.165) is 17.7 Å². The molecule has 0 amide bonds. The molecule has 0 aliphatic rings. The van der Waals surface area contributed by atoms with Gasteiger partial charge in [-0.15, -0.1) is 0 Å². The average molecular weight is 529 g/mol. The molecule has 0 spiro atoms. The second kappa shape index (κ2) is 10.5. The summed E-state index contributed by atoms with van der Waals surface area (Å²) in [6.45, 7) is 3.25. The van der Waals surface area contributed by atoms with Crippen LogP contribution in [0.2, 0.25) is 0 Å². The Bertz CT molecular complexity index is 1450. The van der Waals surface area contributed by atoms with Gasteiger partial charge in [0.05, 0.1) is 23.0 Å². The molecule has 0 saturated carbocycles. The van der Waals surface area contributed by atoms with E-state index >= 15 is 0 Å². The van der Waals surface area contributed by atoms with Crippen molar-refractivity contribution < 1.29 is 32.2 Å². The highest BCUT2D eigenvalue weighted by Gasteiger charge is 2.45. The Morgan fingerprint density at radius 2 is 1.82 bits per heavy atom. The van der Waals surface area contributed by atoms with E-state index in [0.29, 0.717) is 17.7 Å². The Labute approximate surface area is 214 Å². The number of nitrogens with zero attached hydrogens (tertiary/aromatic N) is 4. The molecule has 198 valence electrons. The van der Waals surface area contributed by atoms with Gasteiger partial charge in [0.15, 0.2) is 0 Å². The fourth-order valence-electron chi connectivity index (χ4n) is 3.82. The molecule has 0 saturated heterocycles. The number of anilines is 1. The normalized spacial score (nSPS) is 13.2. The highest BCUT2D eigenvalue weighted by Crippen LogP contribution is 2.39. The van der Waals surface area contributed by atoms with Gasteiger partial charge in [0.25, 0.3) is 0 Å². The summed E-state index contributed by atoms with van der Waals surface area (Å²) in [4.78, 5) is 19.0. The lowest BCUT2D eigenvalue weighted by Gasteiger charge is -2.24. The summed E-state index contributed by atoms with van der Waals surface area (Å²) in [6.07, 6.45) is -5.79. The predicted molar refractivity (Wildman–Crippen MR) is 130 cm³/mol. The van der Waals surface area contributed by atoms with Crippen molar-refractivity contribution in [3.8, 4) is 22.8 Å². The molecule has 2 unspecified atom stereocenters. The first kappa shape index (κ1) is 26.6. The Balaban J connectivity index is 1.69. The van der Waals surface area contributed by atoms with E-state index in [1.54, 1.807) is 44.2 Å². The van der Waals surface area contributed by atoms with Crippen LogP contribution in [0.25, 0.3) is 16.9 Å². The van der Waals surface area contributed by atoms with Crippen LogP contribution >= 0.6 is 0 Å². The van der Waals surface area contributed by atoms with Crippen LogP contribution in [-0.2, 0) is 11.2 Å². The lowest BCUT2D eigenvalue weighted by atomic mass is 9.99. The van der Waals surface area contributed by atoms with Crippen molar-refractivity contribution in [1.29, 1.82) is 0 Å². The molecule has 2 aromatic carbocycles. The van der Waals surface area contributed by atoms with Crippen LogP contribution in [0.5, 0.6) is 5.88 Å². The Hall–Kier alpha value is -4.48. The number of hydrogen-bond acceptors (Lipinski definition) is 6. The van der Waals surface area contributed by atoms with Gasteiger partial charge in [0.2, 0.25) is 17.9 Å². The Morgan fingerprint density at radius 3 is 2.42 bits per heavy atom. The van der Waals surface area contributed by atoms with Gasteiger partial charge in [-0.3, -0.25) is 4.79 Å². The van der Waals surface area contributed by atoms with Crippen LogP contribution in [0.1, 0.15) is 29.8 Å². The van der Waals surface area contributed by atoms with Crippen molar-refractivity contribution >= 4 is 11.9 Å². The number of alkyl halides is 3. The van der Waals surface area contributed by atoms with Crippen molar-refractivity contribution in [2.75, 3.05) is 5.73 Å². The van der Waals surface area contributed by atoms with Gasteiger partial charge in [-0.2, -0.15) is 23.3 Å². The summed E-state index contributed by atoms with van der Waals surface area (Å²) in [6, 6.07) is 12.4. The summed E-state index contributed by atoms with van der Waals surface area (Å²) < 4.78 is 63.4. The van der Waals surface area contributed by atoms with Gasteiger partial charge < -0.3 is 15.6 Å². The lowest BCUT2D eigenvalue weighted by molar-refractivity contribution is -0.198. The van der Waals surface area contributed by atoms with Crippen molar-refractivity contribution in [1.82, 2.24) is 19.7 Å². The number of carbonyl (C=O) groups is 1.